The van der Waals surface area contributed by atoms with Crippen molar-refractivity contribution in [3.8, 4) is 11.5 Å². The number of rotatable bonds is 5. The van der Waals surface area contributed by atoms with Crippen LogP contribution >= 0.6 is 7.60 Å². The third kappa shape index (κ3) is 3.37. The minimum absolute atomic E-state index is 0.163. The largest absolute Gasteiger partial charge is 0.455 e. The van der Waals surface area contributed by atoms with E-state index in [1.165, 1.54) is 0 Å². The Bertz CT molecular complexity index is 773. The van der Waals surface area contributed by atoms with Gasteiger partial charge in [0.05, 0.1) is 19.0 Å². The zero-order valence-electron chi connectivity index (χ0n) is 14.1. The Kier molecular flexibility index (Phi) is 4.18. The monoisotopic (exact) mass is 356 g/mol. The lowest BCUT2D eigenvalue weighted by Gasteiger charge is -2.43. The van der Waals surface area contributed by atoms with Gasteiger partial charge in [-0.25, -0.2) is 4.57 Å². The molecule has 4 rings (SSSR count). The Balaban J connectivity index is 1.63. The predicted octanol–water partition coefficient (Wildman–Crippen LogP) is 5.28. The van der Waals surface area contributed by atoms with Gasteiger partial charge >= 0.3 is 7.60 Å². The van der Waals surface area contributed by atoms with E-state index in [-0.39, 0.29) is 5.41 Å². The molecule has 1 aliphatic carbocycles. The molecule has 0 radical (unpaired) electrons. The summed E-state index contributed by atoms with van der Waals surface area (Å²) in [4.78, 5) is 0. The highest BCUT2D eigenvalue weighted by Crippen LogP contribution is 2.59. The molecule has 2 aliphatic rings. The van der Waals surface area contributed by atoms with E-state index in [9.17, 15) is 4.57 Å². The molecule has 1 saturated carbocycles. The van der Waals surface area contributed by atoms with Crippen LogP contribution in [0, 0.1) is 11.3 Å². The lowest BCUT2D eigenvalue weighted by atomic mass is 9.61. The number of ether oxygens (including phenoxy) is 1. The molecule has 0 N–H and O–H groups in total. The summed E-state index contributed by atoms with van der Waals surface area (Å²) in [5.74, 6) is 3.07. The van der Waals surface area contributed by atoms with Crippen LogP contribution in [0.1, 0.15) is 13.3 Å². The lowest BCUT2D eigenvalue weighted by Crippen LogP contribution is -2.38. The van der Waals surface area contributed by atoms with Gasteiger partial charge in [-0.05, 0) is 30.7 Å². The summed E-state index contributed by atoms with van der Waals surface area (Å²) in [6.45, 7) is 3.65. The molecule has 1 heterocycles. The van der Waals surface area contributed by atoms with Gasteiger partial charge in [-0.2, -0.15) is 0 Å². The predicted molar refractivity (Wildman–Crippen MR) is 96.9 cm³/mol. The van der Waals surface area contributed by atoms with Gasteiger partial charge in [0.1, 0.15) is 11.5 Å². The first-order valence-electron chi connectivity index (χ1n) is 8.45. The van der Waals surface area contributed by atoms with E-state index < -0.39 is 7.60 Å². The summed E-state index contributed by atoms with van der Waals surface area (Å²) in [5, 5.41) is 0. The van der Waals surface area contributed by atoms with Crippen LogP contribution in [0.25, 0.3) is 0 Å². The third-order valence-corrected chi connectivity index (χ3v) is 6.47. The van der Waals surface area contributed by atoms with Gasteiger partial charge in [-0.3, -0.25) is 0 Å². The second-order valence-corrected chi connectivity index (χ2v) is 8.65. The molecule has 2 atom stereocenters. The molecule has 130 valence electrons. The summed E-state index contributed by atoms with van der Waals surface area (Å²) in [6, 6.07) is 18.3. The Hall–Kier alpha value is -2.03. The van der Waals surface area contributed by atoms with Crippen LogP contribution in [0.4, 0.5) is 0 Å². The molecule has 1 saturated heterocycles. The maximum absolute atomic E-state index is 13.5. The molecule has 2 aromatic carbocycles. The van der Waals surface area contributed by atoms with Crippen LogP contribution in [0.2, 0.25) is 0 Å². The number of fused-ring (bicyclic) bond motifs is 1. The Labute approximate surface area is 148 Å². The van der Waals surface area contributed by atoms with Crippen molar-refractivity contribution >= 4 is 7.60 Å². The summed E-state index contributed by atoms with van der Waals surface area (Å²) >= 11 is 0. The van der Waals surface area contributed by atoms with Gasteiger partial charge < -0.3 is 13.8 Å². The highest BCUT2D eigenvalue weighted by atomic mass is 31.2. The van der Waals surface area contributed by atoms with Crippen LogP contribution in [0.3, 0.4) is 0 Å². The van der Waals surface area contributed by atoms with Crippen LogP contribution < -0.4 is 9.05 Å². The molecular weight excluding hydrogens is 335 g/mol. The first kappa shape index (κ1) is 16.4. The van der Waals surface area contributed by atoms with Crippen molar-refractivity contribution in [3.63, 3.8) is 0 Å². The Morgan fingerprint density at radius 3 is 2.12 bits per heavy atom. The molecule has 5 heteroatoms. The Morgan fingerprint density at radius 1 is 1.04 bits per heavy atom. The molecule has 0 aromatic heterocycles. The molecule has 2 fully saturated rings. The van der Waals surface area contributed by atoms with Crippen LogP contribution in [0.15, 0.2) is 72.1 Å². The third-order valence-electron chi connectivity index (χ3n) is 4.89. The molecule has 4 nitrogen and oxygen atoms in total. The Morgan fingerprint density at radius 2 is 1.60 bits per heavy atom. The number of benzene rings is 2. The molecule has 2 aromatic rings. The van der Waals surface area contributed by atoms with Crippen molar-refractivity contribution in [2.45, 2.75) is 13.3 Å². The topological polar surface area (TPSA) is 44.8 Å². The zero-order chi connectivity index (χ0) is 17.3. The standard InChI is InChI=1S/C20H21O4P/c1-20-12-16(19(20)13-22-15-20)14-25(21,23-17-8-4-2-5-9-17)24-18-10-6-3-7-11-18/h2-11,14,19H,12-13,15H2,1H3/b16-14-/t19-,20-/m0/s1. The second-order valence-electron chi connectivity index (χ2n) is 6.95. The van der Waals surface area contributed by atoms with E-state index in [0.717, 1.165) is 18.6 Å². The molecule has 0 amide bonds. The number of para-hydroxylation sites is 2. The minimum Gasteiger partial charge on any atom is -0.413 e. The molecule has 0 spiro atoms. The molecule has 1 aliphatic heterocycles. The van der Waals surface area contributed by atoms with Crippen LogP contribution in [0.5, 0.6) is 11.5 Å². The quantitative estimate of drug-likeness (QED) is 0.684. The van der Waals surface area contributed by atoms with E-state index in [2.05, 4.69) is 6.92 Å². The molecule has 0 bridgehead atoms. The van der Waals surface area contributed by atoms with Gasteiger partial charge in [0, 0.05) is 11.3 Å². The van der Waals surface area contributed by atoms with Gasteiger partial charge in [-0.1, -0.05) is 48.9 Å². The van der Waals surface area contributed by atoms with E-state index in [4.69, 9.17) is 13.8 Å². The van der Waals surface area contributed by atoms with E-state index in [1.807, 2.05) is 36.4 Å². The average Bonchev–Trinajstić information content (AvgIpc) is 2.90. The van der Waals surface area contributed by atoms with Crippen LogP contribution in [-0.4, -0.2) is 13.2 Å². The van der Waals surface area contributed by atoms with Gasteiger partial charge in [-0.15, -0.1) is 0 Å². The maximum Gasteiger partial charge on any atom is 0.455 e. The average molecular weight is 356 g/mol. The van der Waals surface area contributed by atoms with Gasteiger partial charge in [0.25, 0.3) is 0 Å². The number of hydrogen-bond donors (Lipinski definition) is 0. The first-order chi connectivity index (χ1) is 12.1. The fraction of sp³-hybridized carbons (Fsp3) is 0.300. The highest BCUT2D eigenvalue weighted by Gasteiger charge is 2.52. The second kappa shape index (κ2) is 6.36. The molecular formula is C20H21O4P. The zero-order valence-corrected chi connectivity index (χ0v) is 15.0. The summed E-state index contributed by atoms with van der Waals surface area (Å²) in [5.41, 5.74) is 1.27. The van der Waals surface area contributed by atoms with E-state index >= 15 is 0 Å². The van der Waals surface area contributed by atoms with E-state index in [0.29, 0.717) is 24.0 Å². The normalized spacial score (nSPS) is 26.8. The molecule has 0 unspecified atom stereocenters. The van der Waals surface area contributed by atoms with E-state index in [1.54, 1.807) is 30.1 Å². The molecule has 25 heavy (non-hydrogen) atoms. The van der Waals surface area contributed by atoms with Crippen molar-refractivity contribution in [1.82, 2.24) is 0 Å². The SMILES string of the molecule is C[C@]12COC[C@H]1/C(=C\P(=O)(Oc1ccccc1)Oc1ccccc1)C2. The summed E-state index contributed by atoms with van der Waals surface area (Å²) in [6.07, 6.45) is 0.873. The summed E-state index contributed by atoms with van der Waals surface area (Å²) < 4.78 is 30.7. The number of hydrogen-bond acceptors (Lipinski definition) is 4. The smallest absolute Gasteiger partial charge is 0.413 e. The van der Waals surface area contributed by atoms with Crippen molar-refractivity contribution in [2.75, 3.05) is 13.2 Å². The summed E-state index contributed by atoms with van der Waals surface area (Å²) in [7, 11) is -3.48. The van der Waals surface area contributed by atoms with Crippen molar-refractivity contribution < 1.29 is 18.3 Å². The van der Waals surface area contributed by atoms with Gasteiger partial charge in [0.15, 0.2) is 0 Å². The first-order valence-corrected chi connectivity index (χ1v) is 10.1. The minimum atomic E-state index is -3.48. The van der Waals surface area contributed by atoms with Crippen LogP contribution in [-0.2, 0) is 9.30 Å². The lowest BCUT2D eigenvalue weighted by molar-refractivity contribution is 0.148. The van der Waals surface area contributed by atoms with Crippen molar-refractivity contribution in [2.24, 2.45) is 11.3 Å². The van der Waals surface area contributed by atoms with Gasteiger partial charge in [0.2, 0.25) is 0 Å². The highest BCUT2D eigenvalue weighted by molar-refractivity contribution is 7.58. The fourth-order valence-electron chi connectivity index (χ4n) is 3.57. The maximum atomic E-state index is 13.5. The van der Waals surface area contributed by atoms with Crippen molar-refractivity contribution in [1.29, 1.82) is 0 Å². The van der Waals surface area contributed by atoms with Crippen molar-refractivity contribution in [3.05, 3.63) is 72.1 Å². The fourth-order valence-corrected chi connectivity index (χ4v) is 5.22.